The predicted molar refractivity (Wildman–Crippen MR) is 48.1 cm³/mol. The molecule has 6 heteroatoms. The number of hydrogen-bond donors (Lipinski definition) is 0. The van der Waals surface area contributed by atoms with Gasteiger partial charge in [-0.3, -0.25) is 0 Å². The molecule has 0 N–H and O–H groups in total. The second-order valence-corrected chi connectivity index (χ2v) is 9.73. The van der Waals surface area contributed by atoms with Gasteiger partial charge in [0.2, 0.25) is 0 Å². The lowest BCUT2D eigenvalue weighted by molar-refractivity contribution is 0.573. The van der Waals surface area contributed by atoms with Crippen molar-refractivity contribution in [2.75, 3.05) is 0 Å². The van der Waals surface area contributed by atoms with Crippen LogP contribution < -0.4 is 0 Å². The molecule has 0 bridgehead atoms. The van der Waals surface area contributed by atoms with Gasteiger partial charge in [-0.25, -0.2) is 16.8 Å². The highest BCUT2D eigenvalue weighted by Crippen LogP contribution is 2.15. The highest BCUT2D eigenvalue weighted by atomic mass is 33.2. The highest BCUT2D eigenvalue weighted by Gasteiger charge is 2.35. The average Bonchev–Trinajstić information content (AvgIpc) is 1.86. The Balaban J connectivity index is 5.37. The molecule has 4 nitrogen and oxygen atoms in total. The second kappa shape index (κ2) is 3.33. The van der Waals surface area contributed by atoms with Crippen LogP contribution in [0.2, 0.25) is 0 Å². The molecule has 0 aromatic rings. The molecule has 0 aromatic heterocycles. The van der Waals surface area contributed by atoms with Gasteiger partial charge in [-0.2, -0.15) is 0 Å². The maximum atomic E-state index is 11.2. The van der Waals surface area contributed by atoms with Crippen LogP contribution >= 0.6 is 0 Å². The monoisotopic (exact) mass is 214 g/mol. The first-order valence-corrected chi connectivity index (χ1v) is 7.22. The molecule has 0 atom stereocenters. The Hall–Kier alpha value is -0.100. The van der Waals surface area contributed by atoms with E-state index in [1.165, 1.54) is 27.7 Å². The minimum Gasteiger partial charge on any atom is -0.212 e. The van der Waals surface area contributed by atoms with Gasteiger partial charge >= 0.3 is 0 Å². The second-order valence-electron chi connectivity index (χ2n) is 3.08. The summed E-state index contributed by atoms with van der Waals surface area (Å²) in [6, 6.07) is 0. The third kappa shape index (κ3) is 1.80. The minimum absolute atomic E-state index is 0.870. The molecule has 0 aliphatic carbocycles. The molecule has 0 heterocycles. The summed E-state index contributed by atoms with van der Waals surface area (Å²) in [5.41, 5.74) is 0. The summed E-state index contributed by atoms with van der Waals surface area (Å²) in [4.78, 5) is 0. The van der Waals surface area contributed by atoms with Crippen LogP contribution in [0.15, 0.2) is 0 Å². The Morgan fingerprint density at radius 3 is 0.917 bits per heavy atom. The van der Waals surface area contributed by atoms with Crippen LogP contribution in [-0.4, -0.2) is 27.3 Å². The first-order chi connectivity index (χ1) is 5.14. The summed E-state index contributed by atoms with van der Waals surface area (Å²) in [7, 11) is -8.01. The summed E-state index contributed by atoms with van der Waals surface area (Å²) in [6.07, 6.45) is 0. The molecule has 0 saturated carbocycles. The van der Waals surface area contributed by atoms with Crippen molar-refractivity contribution in [1.82, 2.24) is 0 Å². The molecule has 0 aliphatic heterocycles. The summed E-state index contributed by atoms with van der Waals surface area (Å²) in [5.74, 6) is 0. The van der Waals surface area contributed by atoms with E-state index in [0.717, 1.165) is 0 Å². The zero-order valence-electron chi connectivity index (χ0n) is 7.60. The Labute approximate surface area is 73.2 Å². The Morgan fingerprint density at radius 2 is 0.833 bits per heavy atom. The van der Waals surface area contributed by atoms with E-state index in [1.54, 1.807) is 0 Å². The largest absolute Gasteiger partial charge is 0.256 e. The van der Waals surface area contributed by atoms with Crippen molar-refractivity contribution in [2.24, 2.45) is 0 Å². The van der Waals surface area contributed by atoms with Crippen molar-refractivity contribution >= 4 is 17.7 Å². The van der Waals surface area contributed by atoms with Gasteiger partial charge in [0, 0.05) is 0 Å². The summed E-state index contributed by atoms with van der Waals surface area (Å²) in [5, 5.41) is -1.74. The normalized spacial score (nSPS) is 14.2. The van der Waals surface area contributed by atoms with Gasteiger partial charge in [-0.05, 0) is 27.7 Å². The van der Waals surface area contributed by atoms with Crippen molar-refractivity contribution in [2.45, 2.75) is 38.2 Å². The fourth-order valence-corrected chi connectivity index (χ4v) is 4.83. The van der Waals surface area contributed by atoms with Gasteiger partial charge in [-0.15, -0.1) is 0 Å². The Bertz CT molecular complexity index is 298. The lowest BCUT2D eigenvalue weighted by Crippen LogP contribution is -2.30. The van der Waals surface area contributed by atoms with Crippen LogP contribution in [0, 0.1) is 0 Å². The predicted octanol–water partition coefficient (Wildman–Crippen LogP) is 0.548. The third-order valence-corrected chi connectivity index (χ3v) is 8.69. The molecule has 12 heavy (non-hydrogen) atoms. The van der Waals surface area contributed by atoms with Gasteiger partial charge in [0.25, 0.3) is 17.7 Å². The molecular formula is C6H14O4S2. The van der Waals surface area contributed by atoms with Gasteiger partial charge < -0.3 is 0 Å². The topological polar surface area (TPSA) is 68.3 Å². The smallest absolute Gasteiger partial charge is 0.212 e. The van der Waals surface area contributed by atoms with Crippen LogP contribution in [0.5, 0.6) is 0 Å². The fourth-order valence-electron chi connectivity index (χ4n) is 0.536. The van der Waals surface area contributed by atoms with Crippen LogP contribution in [-0.2, 0) is 17.7 Å². The van der Waals surface area contributed by atoms with Crippen LogP contribution in [0.1, 0.15) is 27.7 Å². The zero-order valence-corrected chi connectivity index (χ0v) is 9.24. The molecule has 0 unspecified atom stereocenters. The molecule has 0 amide bonds. The summed E-state index contributed by atoms with van der Waals surface area (Å²) < 4.78 is 44.8. The summed E-state index contributed by atoms with van der Waals surface area (Å²) >= 11 is 0. The van der Waals surface area contributed by atoms with E-state index in [-0.39, 0.29) is 0 Å². The van der Waals surface area contributed by atoms with E-state index >= 15 is 0 Å². The molecule has 0 aliphatic rings. The van der Waals surface area contributed by atoms with Crippen molar-refractivity contribution in [1.29, 1.82) is 0 Å². The average molecular weight is 214 g/mol. The molecule has 0 fully saturated rings. The van der Waals surface area contributed by atoms with E-state index in [2.05, 4.69) is 0 Å². The van der Waals surface area contributed by atoms with E-state index in [0.29, 0.717) is 0 Å². The van der Waals surface area contributed by atoms with Crippen molar-refractivity contribution in [3.05, 3.63) is 0 Å². The van der Waals surface area contributed by atoms with Crippen LogP contribution in [0.25, 0.3) is 0 Å². The molecule has 0 saturated heterocycles. The fraction of sp³-hybridized carbons (Fsp3) is 1.00. The lowest BCUT2D eigenvalue weighted by atomic mass is 10.6. The van der Waals surface area contributed by atoms with Gasteiger partial charge in [0.1, 0.15) is 0 Å². The van der Waals surface area contributed by atoms with E-state index in [9.17, 15) is 16.8 Å². The highest BCUT2D eigenvalue weighted by molar-refractivity contribution is 8.67. The molecule has 0 aromatic carbocycles. The van der Waals surface area contributed by atoms with Crippen LogP contribution in [0.3, 0.4) is 0 Å². The molecule has 0 rings (SSSR count). The Morgan fingerprint density at radius 1 is 0.667 bits per heavy atom. The quantitative estimate of drug-likeness (QED) is 0.643. The zero-order chi connectivity index (χ0) is 10.2. The number of rotatable bonds is 3. The standard InChI is InChI=1S/C6H14O4S2/c1-5(2)11(7,8)12(9,10)6(3)4/h5-6H,1-4H3. The van der Waals surface area contributed by atoms with Crippen molar-refractivity contribution < 1.29 is 16.8 Å². The van der Waals surface area contributed by atoms with E-state index in [4.69, 9.17) is 0 Å². The van der Waals surface area contributed by atoms with Gasteiger partial charge in [0.15, 0.2) is 0 Å². The van der Waals surface area contributed by atoms with E-state index in [1.807, 2.05) is 0 Å². The summed E-state index contributed by atoms with van der Waals surface area (Å²) in [6.45, 7) is 5.43. The molecule has 74 valence electrons. The van der Waals surface area contributed by atoms with Crippen molar-refractivity contribution in [3.63, 3.8) is 0 Å². The van der Waals surface area contributed by atoms with E-state index < -0.39 is 28.2 Å². The van der Waals surface area contributed by atoms with Crippen molar-refractivity contribution in [3.8, 4) is 0 Å². The van der Waals surface area contributed by atoms with Gasteiger partial charge in [-0.1, -0.05) is 0 Å². The number of hydrogen-bond acceptors (Lipinski definition) is 4. The maximum absolute atomic E-state index is 11.2. The molecular weight excluding hydrogens is 200 g/mol. The lowest BCUT2D eigenvalue weighted by Gasteiger charge is -2.10. The molecule has 0 spiro atoms. The van der Waals surface area contributed by atoms with Crippen LogP contribution in [0.4, 0.5) is 0 Å². The van der Waals surface area contributed by atoms with Gasteiger partial charge in [0.05, 0.1) is 10.5 Å². The SMILES string of the molecule is CC(C)S(=O)(=O)S(=O)(=O)C(C)C. The Kier molecular flexibility index (Phi) is 3.31. The maximum Gasteiger partial charge on any atom is 0.256 e. The first kappa shape index (κ1) is 11.9. The molecule has 0 radical (unpaired) electrons. The third-order valence-electron chi connectivity index (χ3n) is 1.48. The first-order valence-electron chi connectivity index (χ1n) is 3.61. The minimum atomic E-state index is -4.00.